The minimum Gasteiger partial charge on any atom is -0.497 e. The Morgan fingerprint density at radius 1 is 1.10 bits per heavy atom. The van der Waals surface area contributed by atoms with Crippen LogP contribution in [0, 0.1) is 13.8 Å². The topological polar surface area (TPSA) is 67.9 Å². The van der Waals surface area contributed by atoms with E-state index in [1.807, 2.05) is 63.2 Å². The first-order chi connectivity index (χ1) is 13.9. The molecule has 2 aromatic rings. The van der Waals surface area contributed by atoms with Crippen molar-refractivity contribution in [3.8, 4) is 11.5 Å². The molecule has 1 atom stereocenters. The maximum Gasteiger partial charge on any atom is 0.261 e. The molecule has 0 aliphatic heterocycles. The lowest BCUT2D eigenvalue weighted by atomic mass is 10.1. The number of nitrogens with zero attached hydrogens (tertiary/aromatic N) is 1. The lowest BCUT2D eigenvalue weighted by Crippen LogP contribution is -2.49. The molecule has 0 heterocycles. The number of likely N-dealkylation sites (N-methyl/N-ethyl adjacent to an activating group) is 1. The molecule has 0 radical (unpaired) electrons. The van der Waals surface area contributed by atoms with Crippen molar-refractivity contribution in [2.24, 2.45) is 0 Å². The molecule has 0 saturated carbocycles. The molecule has 0 aliphatic carbocycles. The minimum atomic E-state index is -0.572. The maximum atomic E-state index is 13.0. The SMILES string of the molecule is CCC(C(=O)NC)N(Cc1ccc(OC)cc1)C(=O)COc1ccc(C)cc1C. The second-order valence-corrected chi connectivity index (χ2v) is 6.97. The number of ether oxygens (including phenoxy) is 2. The Hall–Kier alpha value is -3.02. The Bertz CT molecular complexity index is 833. The second-order valence-electron chi connectivity index (χ2n) is 6.97. The van der Waals surface area contributed by atoms with Crippen LogP contribution < -0.4 is 14.8 Å². The van der Waals surface area contributed by atoms with E-state index in [0.717, 1.165) is 22.4 Å². The fourth-order valence-electron chi connectivity index (χ4n) is 3.20. The van der Waals surface area contributed by atoms with Crippen molar-refractivity contribution in [3.05, 3.63) is 59.2 Å². The molecule has 6 nitrogen and oxygen atoms in total. The van der Waals surface area contributed by atoms with Crippen molar-refractivity contribution in [1.29, 1.82) is 0 Å². The highest BCUT2D eigenvalue weighted by atomic mass is 16.5. The van der Waals surface area contributed by atoms with Gasteiger partial charge in [-0.15, -0.1) is 0 Å². The van der Waals surface area contributed by atoms with Crippen LogP contribution in [0.25, 0.3) is 0 Å². The molecule has 1 unspecified atom stereocenters. The first-order valence-electron chi connectivity index (χ1n) is 9.73. The van der Waals surface area contributed by atoms with Crippen LogP contribution in [-0.2, 0) is 16.1 Å². The number of amides is 2. The molecule has 156 valence electrons. The van der Waals surface area contributed by atoms with Gasteiger partial charge >= 0.3 is 0 Å². The molecule has 0 spiro atoms. The zero-order chi connectivity index (χ0) is 21.4. The molecule has 0 fully saturated rings. The molecule has 2 amide bonds. The number of rotatable bonds is 9. The summed E-state index contributed by atoms with van der Waals surface area (Å²) in [7, 11) is 3.18. The van der Waals surface area contributed by atoms with Crippen LogP contribution in [-0.4, -0.2) is 43.5 Å². The smallest absolute Gasteiger partial charge is 0.261 e. The van der Waals surface area contributed by atoms with Gasteiger partial charge in [-0.25, -0.2) is 0 Å². The van der Waals surface area contributed by atoms with Gasteiger partial charge in [0.05, 0.1) is 7.11 Å². The predicted octanol–water partition coefficient (Wildman–Crippen LogP) is 3.24. The molecule has 0 aromatic heterocycles. The summed E-state index contributed by atoms with van der Waals surface area (Å²) in [4.78, 5) is 27.0. The standard InChI is InChI=1S/C23H30N2O4/c1-6-20(23(27)24-4)25(14-18-8-10-19(28-5)11-9-18)22(26)15-29-21-12-7-16(2)13-17(21)3/h7-13,20H,6,14-15H2,1-5H3,(H,24,27). The third kappa shape index (κ3) is 5.98. The lowest BCUT2D eigenvalue weighted by molar-refractivity contribution is -0.142. The molecule has 6 heteroatoms. The summed E-state index contributed by atoms with van der Waals surface area (Å²) in [6, 6.07) is 12.7. The summed E-state index contributed by atoms with van der Waals surface area (Å²) in [5.41, 5.74) is 3.01. The number of hydrogen-bond donors (Lipinski definition) is 1. The highest BCUT2D eigenvalue weighted by Gasteiger charge is 2.28. The van der Waals surface area contributed by atoms with E-state index in [9.17, 15) is 9.59 Å². The van der Waals surface area contributed by atoms with Gasteiger partial charge in [-0.1, -0.05) is 36.8 Å². The lowest BCUT2D eigenvalue weighted by Gasteiger charge is -2.30. The van der Waals surface area contributed by atoms with E-state index in [-0.39, 0.29) is 18.4 Å². The Balaban J connectivity index is 2.19. The largest absolute Gasteiger partial charge is 0.497 e. The molecule has 2 rings (SSSR count). The van der Waals surface area contributed by atoms with E-state index in [1.165, 1.54) is 0 Å². The van der Waals surface area contributed by atoms with Crippen LogP contribution in [0.3, 0.4) is 0 Å². The van der Waals surface area contributed by atoms with Crippen molar-refractivity contribution in [3.63, 3.8) is 0 Å². The van der Waals surface area contributed by atoms with Gasteiger partial charge in [0.1, 0.15) is 17.5 Å². The van der Waals surface area contributed by atoms with E-state index in [1.54, 1.807) is 19.1 Å². The van der Waals surface area contributed by atoms with E-state index >= 15 is 0 Å². The number of carbonyl (C=O) groups excluding carboxylic acids is 2. The maximum absolute atomic E-state index is 13.0. The summed E-state index contributed by atoms with van der Waals surface area (Å²) < 4.78 is 11.0. The predicted molar refractivity (Wildman–Crippen MR) is 113 cm³/mol. The van der Waals surface area contributed by atoms with Crippen molar-refractivity contribution in [1.82, 2.24) is 10.2 Å². The molecule has 0 saturated heterocycles. The van der Waals surface area contributed by atoms with Crippen molar-refractivity contribution < 1.29 is 19.1 Å². The monoisotopic (exact) mass is 398 g/mol. The van der Waals surface area contributed by atoms with Gasteiger partial charge in [-0.3, -0.25) is 9.59 Å². The first-order valence-corrected chi connectivity index (χ1v) is 9.73. The average molecular weight is 399 g/mol. The zero-order valence-corrected chi connectivity index (χ0v) is 17.8. The fraction of sp³-hybridized carbons (Fsp3) is 0.391. The highest BCUT2D eigenvalue weighted by molar-refractivity contribution is 5.88. The van der Waals surface area contributed by atoms with Gasteiger partial charge in [0, 0.05) is 13.6 Å². The number of nitrogens with one attached hydrogen (secondary N) is 1. The van der Waals surface area contributed by atoms with E-state index in [0.29, 0.717) is 18.7 Å². The Kier molecular flexibility index (Phi) is 8.07. The molecule has 2 aromatic carbocycles. The highest BCUT2D eigenvalue weighted by Crippen LogP contribution is 2.20. The Labute approximate surface area is 172 Å². The fourth-order valence-corrected chi connectivity index (χ4v) is 3.20. The first kappa shape index (κ1) is 22.3. The minimum absolute atomic E-state index is 0.131. The third-order valence-corrected chi connectivity index (χ3v) is 4.83. The van der Waals surface area contributed by atoms with Crippen LogP contribution in [0.15, 0.2) is 42.5 Å². The number of aryl methyl sites for hydroxylation is 2. The molecular formula is C23H30N2O4. The van der Waals surface area contributed by atoms with Crippen LogP contribution in [0.4, 0.5) is 0 Å². The Morgan fingerprint density at radius 2 is 1.79 bits per heavy atom. The van der Waals surface area contributed by atoms with Gasteiger partial charge < -0.3 is 19.7 Å². The number of hydrogen-bond acceptors (Lipinski definition) is 4. The van der Waals surface area contributed by atoms with Crippen LogP contribution in [0.2, 0.25) is 0 Å². The quantitative estimate of drug-likeness (QED) is 0.704. The van der Waals surface area contributed by atoms with Gasteiger partial charge in [-0.2, -0.15) is 0 Å². The molecule has 29 heavy (non-hydrogen) atoms. The van der Waals surface area contributed by atoms with E-state index in [4.69, 9.17) is 9.47 Å². The Morgan fingerprint density at radius 3 is 2.34 bits per heavy atom. The molecule has 0 aliphatic rings. The molecule has 1 N–H and O–H groups in total. The summed E-state index contributed by atoms with van der Waals surface area (Å²) in [6.45, 7) is 6.02. The summed E-state index contributed by atoms with van der Waals surface area (Å²) in [5, 5.41) is 2.65. The van der Waals surface area contributed by atoms with E-state index in [2.05, 4.69) is 5.32 Å². The van der Waals surface area contributed by atoms with Gasteiger partial charge in [0.25, 0.3) is 5.91 Å². The van der Waals surface area contributed by atoms with Crippen molar-refractivity contribution in [2.45, 2.75) is 39.8 Å². The normalized spacial score (nSPS) is 11.5. The van der Waals surface area contributed by atoms with E-state index < -0.39 is 6.04 Å². The number of benzene rings is 2. The number of carbonyl (C=O) groups is 2. The van der Waals surface area contributed by atoms with Gasteiger partial charge in [0.2, 0.25) is 5.91 Å². The zero-order valence-electron chi connectivity index (χ0n) is 17.8. The van der Waals surface area contributed by atoms with Crippen LogP contribution in [0.1, 0.15) is 30.0 Å². The second kappa shape index (κ2) is 10.5. The van der Waals surface area contributed by atoms with Gasteiger partial charge in [0.15, 0.2) is 6.61 Å². The van der Waals surface area contributed by atoms with Crippen LogP contribution >= 0.6 is 0 Å². The number of methoxy groups -OCH3 is 1. The van der Waals surface area contributed by atoms with Gasteiger partial charge in [-0.05, 0) is 49.6 Å². The van der Waals surface area contributed by atoms with Crippen LogP contribution in [0.5, 0.6) is 11.5 Å². The third-order valence-electron chi connectivity index (χ3n) is 4.83. The average Bonchev–Trinajstić information content (AvgIpc) is 2.73. The molecular weight excluding hydrogens is 368 g/mol. The summed E-state index contributed by atoms with van der Waals surface area (Å²) in [6.07, 6.45) is 0.505. The summed E-state index contributed by atoms with van der Waals surface area (Å²) >= 11 is 0. The van der Waals surface area contributed by atoms with Crippen molar-refractivity contribution >= 4 is 11.8 Å². The van der Waals surface area contributed by atoms with Crippen molar-refractivity contribution in [2.75, 3.05) is 20.8 Å². The molecule has 0 bridgehead atoms. The summed E-state index contributed by atoms with van der Waals surface area (Å²) in [5.74, 6) is 0.974.